The maximum atomic E-state index is 10.2. The Balaban J connectivity index is 2.28. The average Bonchev–Trinajstić information content (AvgIpc) is 2.41. The van der Waals surface area contributed by atoms with Crippen molar-refractivity contribution in [1.29, 1.82) is 0 Å². The van der Waals surface area contributed by atoms with Gasteiger partial charge in [0.2, 0.25) is 0 Å². The molecule has 1 unspecified atom stereocenters. The molecule has 18 heavy (non-hydrogen) atoms. The molecule has 0 radical (unpaired) electrons. The number of anilines is 1. The lowest BCUT2D eigenvalue weighted by atomic mass is 10.0. The molecule has 0 aliphatic rings. The molecule has 1 atom stereocenters. The van der Waals surface area contributed by atoms with Crippen LogP contribution < -0.4 is 10.5 Å². The summed E-state index contributed by atoms with van der Waals surface area (Å²) in [5.74, 6) is 0.700. The number of aliphatic hydroxyl groups is 1. The molecule has 0 aliphatic heterocycles. The first kappa shape index (κ1) is 12.3. The highest BCUT2D eigenvalue weighted by atomic mass is 16.5. The minimum absolute atomic E-state index is 0.0277. The highest BCUT2D eigenvalue weighted by molar-refractivity contribution is 5.54. The fourth-order valence-electron chi connectivity index (χ4n) is 1.71. The maximum absolute atomic E-state index is 10.2. The number of hydrogen-bond acceptors (Lipinski definition) is 4. The van der Waals surface area contributed by atoms with Crippen LogP contribution in [0, 0.1) is 0 Å². The summed E-state index contributed by atoms with van der Waals surface area (Å²) in [6.45, 7) is 0. The van der Waals surface area contributed by atoms with Crippen molar-refractivity contribution in [3.63, 3.8) is 0 Å². The minimum atomic E-state index is -0.803. The molecule has 0 spiro atoms. The highest BCUT2D eigenvalue weighted by Gasteiger charge is 2.12. The van der Waals surface area contributed by atoms with Gasteiger partial charge in [0.1, 0.15) is 17.6 Å². The van der Waals surface area contributed by atoms with E-state index in [0.29, 0.717) is 11.3 Å². The van der Waals surface area contributed by atoms with Gasteiger partial charge in [0.25, 0.3) is 0 Å². The molecular weight excluding hydrogens is 230 g/mol. The minimum Gasteiger partial charge on any atom is -0.506 e. The maximum Gasteiger partial charge on any atom is 0.138 e. The van der Waals surface area contributed by atoms with Crippen molar-refractivity contribution in [3.8, 4) is 11.5 Å². The van der Waals surface area contributed by atoms with E-state index in [2.05, 4.69) is 0 Å². The first-order chi connectivity index (χ1) is 8.61. The lowest BCUT2D eigenvalue weighted by Crippen LogP contribution is -2.00. The molecule has 0 bridgehead atoms. The molecule has 4 N–H and O–H groups in total. The van der Waals surface area contributed by atoms with Crippen molar-refractivity contribution < 1.29 is 14.9 Å². The normalized spacial score (nSPS) is 12.1. The molecule has 4 heteroatoms. The number of phenols is 1. The van der Waals surface area contributed by atoms with E-state index < -0.39 is 6.10 Å². The van der Waals surface area contributed by atoms with Gasteiger partial charge >= 0.3 is 0 Å². The zero-order valence-corrected chi connectivity index (χ0v) is 10.00. The molecule has 0 heterocycles. The van der Waals surface area contributed by atoms with E-state index in [0.717, 1.165) is 11.3 Å². The molecule has 0 fully saturated rings. The van der Waals surface area contributed by atoms with Crippen molar-refractivity contribution >= 4 is 5.69 Å². The third-order valence-corrected chi connectivity index (χ3v) is 2.80. The number of nitrogen functional groups attached to an aromatic ring is 1. The zero-order chi connectivity index (χ0) is 13.1. The summed E-state index contributed by atoms with van der Waals surface area (Å²) in [7, 11) is 1.59. The Morgan fingerprint density at radius 3 is 2.22 bits per heavy atom. The van der Waals surface area contributed by atoms with E-state index in [9.17, 15) is 10.2 Å². The summed E-state index contributed by atoms with van der Waals surface area (Å²) in [6, 6.07) is 11.8. The van der Waals surface area contributed by atoms with E-state index in [1.54, 1.807) is 43.5 Å². The zero-order valence-electron chi connectivity index (χ0n) is 10.00. The van der Waals surface area contributed by atoms with Crippen LogP contribution in [-0.2, 0) is 0 Å². The van der Waals surface area contributed by atoms with E-state index in [4.69, 9.17) is 10.5 Å². The van der Waals surface area contributed by atoms with Gasteiger partial charge in [-0.3, -0.25) is 0 Å². The van der Waals surface area contributed by atoms with Crippen LogP contribution in [0.2, 0.25) is 0 Å². The van der Waals surface area contributed by atoms with Crippen molar-refractivity contribution in [2.75, 3.05) is 12.8 Å². The number of rotatable bonds is 3. The Morgan fingerprint density at radius 2 is 1.67 bits per heavy atom. The summed E-state index contributed by atoms with van der Waals surface area (Å²) < 4.78 is 5.05. The van der Waals surface area contributed by atoms with Gasteiger partial charge in [0.05, 0.1) is 12.8 Å². The van der Waals surface area contributed by atoms with Crippen LogP contribution in [0.25, 0.3) is 0 Å². The second kappa shape index (κ2) is 4.98. The predicted molar refractivity (Wildman–Crippen MR) is 69.6 cm³/mol. The molecule has 2 aromatic rings. The third kappa shape index (κ3) is 2.38. The third-order valence-electron chi connectivity index (χ3n) is 2.80. The van der Waals surface area contributed by atoms with E-state index in [1.807, 2.05) is 0 Å². The Morgan fingerprint density at radius 1 is 1.06 bits per heavy atom. The fourth-order valence-corrected chi connectivity index (χ4v) is 1.71. The van der Waals surface area contributed by atoms with Crippen molar-refractivity contribution in [2.45, 2.75) is 6.10 Å². The van der Waals surface area contributed by atoms with Crippen LogP contribution in [0.4, 0.5) is 5.69 Å². The molecule has 0 amide bonds. The molecule has 4 nitrogen and oxygen atoms in total. The molecule has 94 valence electrons. The lowest BCUT2D eigenvalue weighted by Gasteiger charge is -2.13. The van der Waals surface area contributed by atoms with Crippen molar-refractivity contribution in [3.05, 3.63) is 53.6 Å². The quantitative estimate of drug-likeness (QED) is 0.571. The lowest BCUT2D eigenvalue weighted by molar-refractivity contribution is 0.220. The second-order valence-corrected chi connectivity index (χ2v) is 3.99. The van der Waals surface area contributed by atoms with Gasteiger partial charge in [-0.1, -0.05) is 18.2 Å². The van der Waals surface area contributed by atoms with Gasteiger partial charge in [-0.05, 0) is 35.4 Å². The summed E-state index contributed by atoms with van der Waals surface area (Å²) >= 11 is 0. The Hall–Kier alpha value is -2.20. The summed E-state index contributed by atoms with van der Waals surface area (Å²) in [5, 5.41) is 19.7. The summed E-state index contributed by atoms with van der Waals surface area (Å²) in [5.41, 5.74) is 7.12. The van der Waals surface area contributed by atoms with Crippen LogP contribution in [0.3, 0.4) is 0 Å². The number of aliphatic hydroxyl groups excluding tert-OH is 1. The van der Waals surface area contributed by atoms with Gasteiger partial charge in [0.15, 0.2) is 0 Å². The van der Waals surface area contributed by atoms with Crippen molar-refractivity contribution in [1.82, 2.24) is 0 Å². The summed E-state index contributed by atoms with van der Waals surface area (Å²) in [4.78, 5) is 0. The molecule has 0 saturated heterocycles. The number of nitrogens with two attached hydrogens (primary N) is 1. The number of aromatic hydroxyl groups is 1. The van der Waals surface area contributed by atoms with Crippen LogP contribution in [0.1, 0.15) is 17.2 Å². The smallest absolute Gasteiger partial charge is 0.138 e. The molecule has 0 saturated carbocycles. The monoisotopic (exact) mass is 245 g/mol. The predicted octanol–water partition coefficient (Wildman–Crippen LogP) is 2.06. The molecule has 2 aromatic carbocycles. The van der Waals surface area contributed by atoms with E-state index in [-0.39, 0.29) is 5.75 Å². The number of phenolic OH excluding ortho intramolecular Hbond substituents is 1. The second-order valence-electron chi connectivity index (χ2n) is 3.99. The number of benzene rings is 2. The Kier molecular flexibility index (Phi) is 3.39. The molecule has 0 aliphatic carbocycles. The van der Waals surface area contributed by atoms with Crippen LogP contribution in [0.15, 0.2) is 42.5 Å². The molecule has 0 aromatic heterocycles. The summed E-state index contributed by atoms with van der Waals surface area (Å²) in [6.07, 6.45) is -0.803. The van der Waals surface area contributed by atoms with Gasteiger partial charge < -0.3 is 20.7 Å². The van der Waals surface area contributed by atoms with Gasteiger partial charge in [0, 0.05) is 0 Å². The van der Waals surface area contributed by atoms with E-state index in [1.165, 1.54) is 6.07 Å². The topological polar surface area (TPSA) is 75.7 Å². The number of methoxy groups -OCH3 is 1. The highest BCUT2D eigenvalue weighted by Crippen LogP contribution is 2.28. The number of hydrogen-bond donors (Lipinski definition) is 3. The largest absolute Gasteiger partial charge is 0.506 e. The van der Waals surface area contributed by atoms with Gasteiger partial charge in [-0.15, -0.1) is 0 Å². The Labute approximate surface area is 105 Å². The van der Waals surface area contributed by atoms with Gasteiger partial charge in [-0.2, -0.15) is 0 Å². The molecular formula is C14H15NO3. The van der Waals surface area contributed by atoms with Crippen LogP contribution >= 0.6 is 0 Å². The Bertz CT molecular complexity index is 537. The SMILES string of the molecule is COc1ccc(C(O)c2ccc(N)c(O)c2)cc1. The first-order valence-electron chi connectivity index (χ1n) is 5.52. The standard InChI is InChI=1S/C14H15NO3/c1-18-11-5-2-9(3-6-11)14(17)10-4-7-12(15)13(16)8-10/h2-8,14,16-17H,15H2,1H3. The van der Waals surface area contributed by atoms with Crippen LogP contribution in [-0.4, -0.2) is 17.3 Å². The van der Waals surface area contributed by atoms with Gasteiger partial charge in [-0.25, -0.2) is 0 Å². The number of ether oxygens (including phenoxy) is 1. The fraction of sp³-hybridized carbons (Fsp3) is 0.143. The van der Waals surface area contributed by atoms with Crippen LogP contribution in [0.5, 0.6) is 11.5 Å². The molecule has 2 rings (SSSR count). The average molecular weight is 245 g/mol. The van der Waals surface area contributed by atoms with Crippen molar-refractivity contribution in [2.24, 2.45) is 0 Å². The van der Waals surface area contributed by atoms with E-state index >= 15 is 0 Å². The first-order valence-corrected chi connectivity index (χ1v) is 5.52.